The van der Waals surface area contributed by atoms with E-state index in [1.54, 1.807) is 5.57 Å². The molecule has 32 heavy (non-hydrogen) atoms. The first kappa shape index (κ1) is 25.2. The third-order valence-electron chi connectivity index (χ3n) is 7.54. The van der Waals surface area contributed by atoms with Crippen LogP contribution in [0.2, 0.25) is 0 Å². The SMILES string of the molecule is CCCN(CCC)CCCCCC1=C[C@H]2C[C@@H](O)[C@H](/C=C/CCc3cccc(C)c3)[C@H]2C1. The van der Waals surface area contributed by atoms with Crippen molar-refractivity contribution < 1.29 is 5.11 Å². The molecule has 0 bridgehead atoms. The van der Waals surface area contributed by atoms with E-state index in [4.69, 9.17) is 0 Å². The van der Waals surface area contributed by atoms with Gasteiger partial charge in [0.25, 0.3) is 0 Å². The van der Waals surface area contributed by atoms with Gasteiger partial charge >= 0.3 is 0 Å². The number of hydrogen-bond donors (Lipinski definition) is 1. The highest BCUT2D eigenvalue weighted by Gasteiger charge is 2.42. The largest absolute Gasteiger partial charge is 0.392 e. The Bertz CT molecular complexity index is 730. The average molecular weight is 438 g/mol. The van der Waals surface area contributed by atoms with Crippen molar-refractivity contribution >= 4 is 0 Å². The summed E-state index contributed by atoms with van der Waals surface area (Å²) >= 11 is 0. The van der Waals surface area contributed by atoms with Gasteiger partial charge in [-0.25, -0.2) is 0 Å². The van der Waals surface area contributed by atoms with Crippen molar-refractivity contribution in [1.82, 2.24) is 4.90 Å². The van der Waals surface area contributed by atoms with E-state index in [1.807, 2.05) is 0 Å². The first-order chi connectivity index (χ1) is 15.6. The third-order valence-corrected chi connectivity index (χ3v) is 7.54. The van der Waals surface area contributed by atoms with Gasteiger partial charge in [-0.2, -0.15) is 0 Å². The molecule has 1 N–H and O–H groups in total. The predicted molar refractivity (Wildman–Crippen MR) is 138 cm³/mol. The van der Waals surface area contributed by atoms with Crippen molar-refractivity contribution in [1.29, 1.82) is 0 Å². The van der Waals surface area contributed by atoms with Gasteiger partial charge in [0.15, 0.2) is 0 Å². The van der Waals surface area contributed by atoms with E-state index in [9.17, 15) is 5.11 Å². The Morgan fingerprint density at radius 3 is 2.59 bits per heavy atom. The highest BCUT2D eigenvalue weighted by molar-refractivity contribution is 5.23. The van der Waals surface area contributed by atoms with Crippen LogP contribution in [0.15, 0.2) is 48.1 Å². The van der Waals surface area contributed by atoms with Crippen molar-refractivity contribution in [2.24, 2.45) is 17.8 Å². The van der Waals surface area contributed by atoms with Crippen LogP contribution in [0.3, 0.4) is 0 Å². The summed E-state index contributed by atoms with van der Waals surface area (Å²) in [6.07, 6.45) is 19.2. The van der Waals surface area contributed by atoms with Crippen molar-refractivity contribution in [2.75, 3.05) is 19.6 Å². The van der Waals surface area contributed by atoms with E-state index in [0.29, 0.717) is 17.8 Å². The third kappa shape index (κ3) is 7.59. The molecule has 2 aliphatic carbocycles. The lowest BCUT2D eigenvalue weighted by Crippen LogP contribution is -2.26. The minimum absolute atomic E-state index is 0.152. The molecule has 2 aliphatic rings. The van der Waals surface area contributed by atoms with E-state index in [0.717, 1.165) is 19.3 Å². The molecule has 2 nitrogen and oxygen atoms in total. The molecule has 1 aromatic rings. The van der Waals surface area contributed by atoms with Crippen LogP contribution in [0.5, 0.6) is 0 Å². The van der Waals surface area contributed by atoms with Crippen LogP contribution in [0, 0.1) is 24.7 Å². The van der Waals surface area contributed by atoms with Crippen LogP contribution in [0.4, 0.5) is 0 Å². The van der Waals surface area contributed by atoms with E-state index in [-0.39, 0.29) is 6.10 Å². The van der Waals surface area contributed by atoms with Crippen molar-refractivity contribution in [3.63, 3.8) is 0 Å². The van der Waals surface area contributed by atoms with Crippen molar-refractivity contribution in [3.05, 3.63) is 59.2 Å². The molecule has 178 valence electrons. The number of nitrogens with zero attached hydrogens (tertiary/aromatic N) is 1. The second-order valence-corrected chi connectivity index (χ2v) is 10.3. The maximum Gasteiger partial charge on any atom is 0.0611 e. The zero-order valence-electron chi connectivity index (χ0n) is 20.9. The Labute approximate surface area is 197 Å². The zero-order valence-corrected chi connectivity index (χ0v) is 20.9. The Morgan fingerprint density at radius 1 is 1.03 bits per heavy atom. The van der Waals surface area contributed by atoms with E-state index in [2.05, 4.69) is 68.2 Å². The highest BCUT2D eigenvalue weighted by atomic mass is 16.3. The summed E-state index contributed by atoms with van der Waals surface area (Å²) in [5, 5.41) is 10.6. The van der Waals surface area contributed by atoms with Gasteiger partial charge in [-0.15, -0.1) is 0 Å². The fourth-order valence-corrected chi connectivity index (χ4v) is 5.99. The number of fused-ring (bicyclic) bond motifs is 1. The van der Waals surface area contributed by atoms with Crippen LogP contribution >= 0.6 is 0 Å². The summed E-state index contributed by atoms with van der Waals surface area (Å²) in [5.74, 6) is 1.60. The van der Waals surface area contributed by atoms with E-state index < -0.39 is 0 Å². The molecule has 0 unspecified atom stereocenters. The molecule has 0 heterocycles. The van der Waals surface area contributed by atoms with Gasteiger partial charge in [0, 0.05) is 5.92 Å². The first-order valence-electron chi connectivity index (χ1n) is 13.4. The molecule has 0 spiro atoms. The Morgan fingerprint density at radius 2 is 1.84 bits per heavy atom. The molecule has 1 fully saturated rings. The van der Waals surface area contributed by atoms with Crippen LogP contribution in [-0.2, 0) is 6.42 Å². The highest BCUT2D eigenvalue weighted by Crippen LogP contribution is 2.48. The van der Waals surface area contributed by atoms with E-state index in [1.165, 1.54) is 75.7 Å². The van der Waals surface area contributed by atoms with Crippen molar-refractivity contribution in [2.45, 2.75) is 91.1 Å². The second kappa shape index (κ2) is 13.4. The number of rotatable bonds is 14. The van der Waals surface area contributed by atoms with Gasteiger partial charge in [-0.1, -0.05) is 73.9 Å². The number of allylic oxidation sites excluding steroid dienone is 3. The number of aliphatic hydroxyl groups excluding tert-OH is 1. The summed E-state index contributed by atoms with van der Waals surface area (Å²) in [7, 11) is 0. The van der Waals surface area contributed by atoms with Gasteiger partial charge in [-0.05, 0) is 102 Å². The molecule has 0 radical (unpaired) electrons. The lowest BCUT2D eigenvalue weighted by molar-refractivity contribution is 0.141. The minimum Gasteiger partial charge on any atom is -0.392 e. The van der Waals surface area contributed by atoms with Gasteiger partial charge in [0.05, 0.1) is 6.10 Å². The quantitative estimate of drug-likeness (QED) is 0.248. The number of unbranched alkanes of at least 4 members (excludes halogenated alkanes) is 2. The molecule has 1 saturated carbocycles. The molecule has 3 rings (SSSR count). The lowest BCUT2D eigenvalue weighted by Gasteiger charge is -2.20. The summed E-state index contributed by atoms with van der Waals surface area (Å²) < 4.78 is 0. The minimum atomic E-state index is -0.152. The molecule has 0 aromatic heterocycles. The molecule has 0 aliphatic heterocycles. The smallest absolute Gasteiger partial charge is 0.0611 e. The van der Waals surface area contributed by atoms with Gasteiger partial charge < -0.3 is 10.0 Å². The molecule has 1 aromatic carbocycles. The maximum absolute atomic E-state index is 10.6. The Balaban J connectivity index is 1.37. The maximum atomic E-state index is 10.6. The molecular formula is C30H47NO. The normalized spacial score (nSPS) is 25.1. The van der Waals surface area contributed by atoms with Crippen LogP contribution in [-0.4, -0.2) is 35.7 Å². The molecule has 0 amide bonds. The molecule has 4 atom stereocenters. The Hall–Kier alpha value is -1.38. The molecular weight excluding hydrogens is 390 g/mol. The fourth-order valence-electron chi connectivity index (χ4n) is 5.99. The average Bonchev–Trinajstić information content (AvgIpc) is 3.28. The lowest BCUT2D eigenvalue weighted by atomic mass is 9.88. The standard InChI is InChI=1S/C30H47NO/c1-4-17-31(18-5-2)19-10-6-7-14-26-21-27-23-30(32)28(29(27)22-26)16-9-8-13-25-15-11-12-24(3)20-25/h9,11-12,15-16,20-21,27-30,32H,4-8,10,13-14,17-19,22-23H2,1-3H3/b16-9+/t27-,28+,29-,30+/m0/s1. The molecule has 2 heteroatoms. The summed E-state index contributed by atoms with van der Waals surface area (Å²) in [6.45, 7) is 10.5. The van der Waals surface area contributed by atoms with E-state index >= 15 is 0 Å². The van der Waals surface area contributed by atoms with Gasteiger partial charge in [0.1, 0.15) is 0 Å². The molecule has 0 saturated heterocycles. The van der Waals surface area contributed by atoms with Crippen LogP contribution in [0.1, 0.15) is 82.8 Å². The van der Waals surface area contributed by atoms with Crippen LogP contribution < -0.4 is 0 Å². The monoisotopic (exact) mass is 437 g/mol. The van der Waals surface area contributed by atoms with Gasteiger partial charge in [0.2, 0.25) is 0 Å². The number of hydrogen-bond acceptors (Lipinski definition) is 2. The number of aliphatic hydroxyl groups is 1. The summed E-state index contributed by atoms with van der Waals surface area (Å²) in [6, 6.07) is 8.82. The summed E-state index contributed by atoms with van der Waals surface area (Å²) in [5.41, 5.74) is 4.42. The fraction of sp³-hybridized carbons (Fsp3) is 0.667. The van der Waals surface area contributed by atoms with Crippen LogP contribution in [0.25, 0.3) is 0 Å². The number of benzene rings is 1. The topological polar surface area (TPSA) is 23.5 Å². The first-order valence-corrected chi connectivity index (χ1v) is 13.4. The Kier molecular flexibility index (Phi) is 10.5. The zero-order chi connectivity index (χ0) is 22.8. The number of aryl methyl sites for hydroxylation is 2. The van der Waals surface area contributed by atoms with Crippen molar-refractivity contribution in [3.8, 4) is 0 Å². The van der Waals surface area contributed by atoms with Gasteiger partial charge in [-0.3, -0.25) is 0 Å². The predicted octanol–water partition coefficient (Wildman–Crippen LogP) is 7.11. The summed E-state index contributed by atoms with van der Waals surface area (Å²) in [4.78, 5) is 2.64. The second-order valence-electron chi connectivity index (χ2n) is 10.3.